The molecule has 3 aromatic rings. The smallest absolute Gasteiger partial charge is 0.319 e. The number of urea groups is 1. The van der Waals surface area contributed by atoms with Gasteiger partial charge in [-0.3, -0.25) is 4.79 Å². The number of nitrogens with one attached hydrogen (secondary N) is 2. The van der Waals surface area contributed by atoms with E-state index in [-0.39, 0.29) is 32.4 Å². The van der Waals surface area contributed by atoms with E-state index in [4.69, 9.17) is 14.2 Å². The van der Waals surface area contributed by atoms with Gasteiger partial charge >= 0.3 is 6.03 Å². The second-order valence-corrected chi connectivity index (χ2v) is 8.71. The van der Waals surface area contributed by atoms with Crippen molar-refractivity contribution >= 4 is 23.3 Å². The molecule has 2 N–H and O–H groups in total. The molecule has 3 heterocycles. The van der Waals surface area contributed by atoms with Crippen LogP contribution in [0.25, 0.3) is 0 Å². The minimum Gasteiger partial charge on any atom is -0.491 e. The molecule has 8 nitrogen and oxygen atoms in total. The highest BCUT2D eigenvalue weighted by Gasteiger charge is 2.57. The Morgan fingerprint density at radius 2 is 1.83 bits per heavy atom. The summed E-state index contributed by atoms with van der Waals surface area (Å²) in [5, 5.41) is 5.35. The highest BCUT2D eigenvalue weighted by molar-refractivity contribution is 6.11. The Labute approximate surface area is 200 Å². The number of anilines is 2. The van der Waals surface area contributed by atoms with E-state index < -0.39 is 17.3 Å². The van der Waals surface area contributed by atoms with Crippen molar-refractivity contribution in [2.75, 3.05) is 36.7 Å². The van der Waals surface area contributed by atoms with Crippen molar-refractivity contribution in [1.82, 2.24) is 5.32 Å². The Hall–Kier alpha value is -4.27. The SMILES string of the molecule is Cc1ccc(NC(=O)NCCN2C(=O)C3(COc4cc5c(cc43)OCO5)c3ccccc32)cc1F. The van der Waals surface area contributed by atoms with Crippen LogP contribution in [0.1, 0.15) is 16.7 Å². The molecule has 1 spiro atoms. The standard InChI is InChI=1S/C26H22FN3O5/c1-15-6-7-16(10-19(15)27)29-25(32)28-8-9-30-20-5-3-2-4-17(20)26(24(30)31)13-33-21-12-23-22(11-18(21)26)34-14-35-23/h2-7,10-12H,8-9,13-14H2,1H3,(H2,28,29,32). The van der Waals surface area contributed by atoms with E-state index in [1.807, 2.05) is 30.3 Å². The van der Waals surface area contributed by atoms with E-state index in [1.54, 1.807) is 30.0 Å². The van der Waals surface area contributed by atoms with Crippen molar-refractivity contribution in [1.29, 1.82) is 0 Å². The topological polar surface area (TPSA) is 89.1 Å². The van der Waals surface area contributed by atoms with Crippen LogP contribution in [0, 0.1) is 12.7 Å². The molecule has 3 aliphatic heterocycles. The molecule has 0 bridgehead atoms. The summed E-state index contributed by atoms with van der Waals surface area (Å²) in [5.74, 6) is 1.26. The van der Waals surface area contributed by atoms with E-state index in [0.29, 0.717) is 28.5 Å². The van der Waals surface area contributed by atoms with Crippen molar-refractivity contribution in [2.24, 2.45) is 0 Å². The maximum atomic E-state index is 13.9. The molecular weight excluding hydrogens is 453 g/mol. The first-order valence-corrected chi connectivity index (χ1v) is 11.3. The summed E-state index contributed by atoms with van der Waals surface area (Å²) in [6.45, 7) is 2.41. The Morgan fingerprint density at radius 1 is 1.03 bits per heavy atom. The monoisotopic (exact) mass is 475 g/mol. The van der Waals surface area contributed by atoms with Gasteiger partial charge in [0.1, 0.15) is 23.6 Å². The molecule has 35 heavy (non-hydrogen) atoms. The molecule has 0 fully saturated rings. The number of halogens is 1. The van der Waals surface area contributed by atoms with E-state index in [0.717, 1.165) is 16.8 Å². The summed E-state index contributed by atoms with van der Waals surface area (Å²) in [6, 6.07) is 15.2. The molecule has 3 aliphatic rings. The summed E-state index contributed by atoms with van der Waals surface area (Å²) in [7, 11) is 0. The molecule has 0 saturated carbocycles. The molecule has 9 heteroatoms. The molecule has 6 rings (SSSR count). The van der Waals surface area contributed by atoms with Gasteiger partial charge in [0.2, 0.25) is 12.7 Å². The van der Waals surface area contributed by atoms with Crippen molar-refractivity contribution in [2.45, 2.75) is 12.3 Å². The van der Waals surface area contributed by atoms with Crippen LogP contribution >= 0.6 is 0 Å². The van der Waals surface area contributed by atoms with E-state index in [1.165, 1.54) is 6.07 Å². The Balaban J connectivity index is 1.22. The summed E-state index contributed by atoms with van der Waals surface area (Å²) in [4.78, 5) is 27.9. The first-order valence-electron chi connectivity index (χ1n) is 11.3. The fourth-order valence-corrected chi connectivity index (χ4v) is 4.91. The second kappa shape index (κ2) is 7.90. The minimum absolute atomic E-state index is 0.126. The van der Waals surface area contributed by atoms with Crippen LogP contribution < -0.4 is 29.7 Å². The zero-order valence-electron chi connectivity index (χ0n) is 18.9. The van der Waals surface area contributed by atoms with Crippen molar-refractivity contribution in [3.8, 4) is 17.2 Å². The quantitative estimate of drug-likeness (QED) is 0.601. The fraction of sp³-hybridized carbons (Fsp3) is 0.231. The summed E-state index contributed by atoms with van der Waals surface area (Å²) < 4.78 is 30.7. The van der Waals surface area contributed by atoms with Gasteiger partial charge in [-0.05, 0) is 42.3 Å². The number of para-hydroxylation sites is 1. The normalized spacial score (nSPS) is 18.9. The second-order valence-electron chi connectivity index (χ2n) is 8.71. The molecule has 0 aliphatic carbocycles. The van der Waals surface area contributed by atoms with E-state index in [9.17, 15) is 14.0 Å². The third kappa shape index (κ3) is 3.26. The van der Waals surface area contributed by atoms with Crippen LogP contribution in [0.3, 0.4) is 0 Å². The van der Waals surface area contributed by atoms with Gasteiger partial charge < -0.3 is 29.7 Å². The average molecular weight is 475 g/mol. The van der Waals surface area contributed by atoms with Gasteiger partial charge in [-0.2, -0.15) is 0 Å². The molecule has 0 radical (unpaired) electrons. The van der Waals surface area contributed by atoms with Crippen molar-refractivity contribution in [3.63, 3.8) is 0 Å². The number of hydrogen-bond donors (Lipinski definition) is 2. The first kappa shape index (κ1) is 21.3. The van der Waals surface area contributed by atoms with Crippen LogP contribution in [-0.2, 0) is 10.2 Å². The largest absolute Gasteiger partial charge is 0.491 e. The summed E-state index contributed by atoms with van der Waals surface area (Å²) in [6.07, 6.45) is 0. The zero-order chi connectivity index (χ0) is 24.2. The minimum atomic E-state index is -0.991. The number of ether oxygens (including phenoxy) is 3. The van der Waals surface area contributed by atoms with Crippen LogP contribution in [0.15, 0.2) is 54.6 Å². The lowest BCUT2D eigenvalue weighted by Crippen LogP contribution is -2.45. The molecule has 0 aromatic heterocycles. The molecule has 3 aromatic carbocycles. The van der Waals surface area contributed by atoms with Gasteiger partial charge in [0, 0.05) is 36.1 Å². The molecular formula is C26H22FN3O5. The number of fused-ring (bicyclic) bond motifs is 5. The highest BCUT2D eigenvalue weighted by atomic mass is 19.1. The average Bonchev–Trinajstić information content (AvgIpc) is 3.52. The number of amides is 3. The van der Waals surface area contributed by atoms with Crippen molar-refractivity contribution < 1.29 is 28.2 Å². The maximum Gasteiger partial charge on any atom is 0.319 e. The lowest BCUT2D eigenvalue weighted by Gasteiger charge is -2.23. The lowest BCUT2D eigenvalue weighted by atomic mass is 9.77. The van der Waals surface area contributed by atoms with Crippen LogP contribution in [-0.4, -0.2) is 38.4 Å². The number of rotatable bonds is 4. The number of benzene rings is 3. The molecule has 1 atom stereocenters. The number of nitrogens with zero attached hydrogens (tertiary/aromatic N) is 1. The third-order valence-corrected chi connectivity index (χ3v) is 6.69. The van der Waals surface area contributed by atoms with Crippen molar-refractivity contribution in [3.05, 3.63) is 77.1 Å². The Morgan fingerprint density at radius 3 is 2.66 bits per heavy atom. The van der Waals surface area contributed by atoms with Gasteiger partial charge in [-0.25, -0.2) is 9.18 Å². The van der Waals surface area contributed by atoms with E-state index >= 15 is 0 Å². The predicted octanol–water partition coefficient (Wildman–Crippen LogP) is 3.71. The van der Waals surface area contributed by atoms with Gasteiger partial charge in [0.05, 0.1) is 0 Å². The first-order chi connectivity index (χ1) is 17.0. The number of carbonyl (C=O) groups is 2. The molecule has 1 unspecified atom stereocenters. The number of aryl methyl sites for hydroxylation is 1. The Bertz CT molecular complexity index is 1380. The third-order valence-electron chi connectivity index (χ3n) is 6.69. The summed E-state index contributed by atoms with van der Waals surface area (Å²) >= 11 is 0. The molecule has 178 valence electrons. The summed E-state index contributed by atoms with van der Waals surface area (Å²) in [5.41, 5.74) is 2.22. The molecule has 0 saturated heterocycles. The van der Waals surface area contributed by atoms with Gasteiger partial charge in [-0.1, -0.05) is 24.3 Å². The van der Waals surface area contributed by atoms with E-state index in [2.05, 4.69) is 10.6 Å². The predicted molar refractivity (Wildman–Crippen MR) is 126 cm³/mol. The zero-order valence-corrected chi connectivity index (χ0v) is 18.9. The van der Waals surface area contributed by atoms with Gasteiger partial charge in [0.15, 0.2) is 11.5 Å². The number of hydrogen-bond acceptors (Lipinski definition) is 5. The van der Waals surface area contributed by atoms with Gasteiger partial charge in [-0.15, -0.1) is 0 Å². The van der Waals surface area contributed by atoms with Gasteiger partial charge in [0.25, 0.3) is 0 Å². The van der Waals surface area contributed by atoms with Crippen LogP contribution in [0.4, 0.5) is 20.6 Å². The van der Waals surface area contributed by atoms with Crippen LogP contribution in [0.2, 0.25) is 0 Å². The van der Waals surface area contributed by atoms with Crippen LogP contribution in [0.5, 0.6) is 17.2 Å². The highest BCUT2D eigenvalue weighted by Crippen LogP contribution is 2.54. The number of carbonyl (C=O) groups excluding carboxylic acids is 2. The lowest BCUT2D eigenvalue weighted by molar-refractivity contribution is -0.122. The maximum absolute atomic E-state index is 13.9. The fourth-order valence-electron chi connectivity index (χ4n) is 4.91. The molecule has 3 amide bonds. The Kier molecular flexibility index (Phi) is 4.80.